The third-order valence-electron chi connectivity index (χ3n) is 6.95. The van der Waals surface area contributed by atoms with E-state index in [4.69, 9.17) is 4.98 Å². The van der Waals surface area contributed by atoms with Gasteiger partial charge in [-0.3, -0.25) is 14.9 Å². The largest absolute Gasteiger partial charge is 0.337 e. The van der Waals surface area contributed by atoms with Crippen molar-refractivity contribution in [1.29, 1.82) is 0 Å². The smallest absolute Gasteiger partial charge is 0.268 e. The van der Waals surface area contributed by atoms with Gasteiger partial charge in [0.1, 0.15) is 5.82 Å². The van der Waals surface area contributed by atoms with E-state index in [0.29, 0.717) is 31.3 Å². The predicted octanol–water partition coefficient (Wildman–Crippen LogP) is 4.31. The zero-order chi connectivity index (χ0) is 29.3. The van der Waals surface area contributed by atoms with Crippen LogP contribution in [0.25, 0.3) is 0 Å². The number of sulfonamides is 1. The molecule has 0 saturated carbocycles. The number of pyridine rings is 1. The Bertz CT molecular complexity index is 1510. The standard InChI is InChI=1S/C30H37N5O4S/c1-7-34(22-13-9-8-10-14-22)28(37)21-12-11-15-23(18-21)40(38,39)33-27(36)24-16-17-25(29(2,3)4)32-26(24)35-20-31-19-30(35,5)6/h8-18,31H,7,19-20H2,1-6H3,(H,33,36). The normalized spacial score (nSPS) is 15.1. The number of amides is 2. The van der Waals surface area contributed by atoms with Crippen molar-refractivity contribution in [2.45, 2.75) is 57.4 Å². The fourth-order valence-corrected chi connectivity index (χ4v) is 5.64. The lowest BCUT2D eigenvalue weighted by atomic mass is 9.91. The van der Waals surface area contributed by atoms with Crippen LogP contribution in [0.15, 0.2) is 71.6 Å². The second kappa shape index (κ2) is 11.0. The van der Waals surface area contributed by atoms with E-state index in [1.165, 1.54) is 18.2 Å². The van der Waals surface area contributed by atoms with E-state index in [1.54, 1.807) is 23.1 Å². The molecule has 2 amide bonds. The summed E-state index contributed by atoms with van der Waals surface area (Å²) in [4.78, 5) is 35.0. The minimum Gasteiger partial charge on any atom is -0.337 e. The van der Waals surface area contributed by atoms with Gasteiger partial charge in [-0.25, -0.2) is 18.1 Å². The average molecular weight is 564 g/mol. The SMILES string of the molecule is CCN(C(=O)c1cccc(S(=O)(=O)NC(=O)c2ccc(C(C)(C)C)nc2N2CNCC2(C)C)c1)c1ccccc1. The number of carbonyl (C=O) groups excluding carboxylic acids is 2. The molecule has 10 heteroatoms. The molecule has 0 spiro atoms. The van der Waals surface area contributed by atoms with Crippen LogP contribution in [0, 0.1) is 0 Å². The van der Waals surface area contributed by atoms with Gasteiger partial charge in [0.05, 0.1) is 17.1 Å². The van der Waals surface area contributed by atoms with E-state index in [-0.39, 0.29) is 32.9 Å². The highest BCUT2D eigenvalue weighted by molar-refractivity contribution is 7.90. The number of benzene rings is 2. The molecule has 0 radical (unpaired) electrons. The monoisotopic (exact) mass is 563 g/mol. The van der Waals surface area contributed by atoms with Crippen LogP contribution in [-0.4, -0.2) is 50.5 Å². The Morgan fingerprint density at radius 2 is 1.75 bits per heavy atom. The van der Waals surface area contributed by atoms with Gasteiger partial charge in [-0.05, 0) is 63.2 Å². The molecule has 1 saturated heterocycles. The summed E-state index contributed by atoms with van der Waals surface area (Å²) in [5.74, 6) is -0.715. The molecule has 40 heavy (non-hydrogen) atoms. The van der Waals surface area contributed by atoms with Crippen molar-refractivity contribution in [2.75, 3.05) is 29.6 Å². The lowest BCUT2D eigenvalue weighted by molar-refractivity contribution is 0.0976. The third kappa shape index (κ3) is 6.03. The van der Waals surface area contributed by atoms with Crippen molar-refractivity contribution in [1.82, 2.24) is 15.0 Å². The molecule has 1 fully saturated rings. The quantitative estimate of drug-likeness (QED) is 0.441. The van der Waals surface area contributed by atoms with Gasteiger partial charge in [0, 0.05) is 41.0 Å². The number of rotatable bonds is 7. The second-order valence-corrected chi connectivity index (χ2v) is 13.2. The molecule has 0 bridgehead atoms. The molecule has 4 rings (SSSR count). The highest BCUT2D eigenvalue weighted by atomic mass is 32.2. The Kier molecular flexibility index (Phi) is 8.05. The van der Waals surface area contributed by atoms with E-state index in [2.05, 4.69) is 10.0 Å². The van der Waals surface area contributed by atoms with Crippen LogP contribution < -0.4 is 19.8 Å². The first-order valence-electron chi connectivity index (χ1n) is 13.3. The van der Waals surface area contributed by atoms with Crippen LogP contribution in [-0.2, 0) is 15.4 Å². The first kappa shape index (κ1) is 29.2. The van der Waals surface area contributed by atoms with E-state index >= 15 is 0 Å². The summed E-state index contributed by atoms with van der Waals surface area (Å²) < 4.78 is 29.0. The molecule has 1 aliphatic rings. The Morgan fingerprint density at radius 3 is 2.35 bits per heavy atom. The van der Waals surface area contributed by atoms with Crippen molar-refractivity contribution in [3.63, 3.8) is 0 Å². The van der Waals surface area contributed by atoms with Gasteiger partial charge >= 0.3 is 0 Å². The van der Waals surface area contributed by atoms with Crippen molar-refractivity contribution < 1.29 is 18.0 Å². The van der Waals surface area contributed by atoms with Crippen molar-refractivity contribution >= 4 is 33.3 Å². The molecule has 9 nitrogen and oxygen atoms in total. The Labute approximate surface area is 236 Å². The van der Waals surface area contributed by atoms with Crippen LogP contribution >= 0.6 is 0 Å². The zero-order valence-corrected chi connectivity index (χ0v) is 24.7. The third-order valence-corrected chi connectivity index (χ3v) is 8.28. The number of nitrogens with one attached hydrogen (secondary N) is 2. The fourth-order valence-electron chi connectivity index (χ4n) is 4.63. The maximum Gasteiger partial charge on any atom is 0.268 e. The number of aromatic nitrogens is 1. The lowest BCUT2D eigenvalue weighted by Gasteiger charge is -2.33. The van der Waals surface area contributed by atoms with E-state index in [1.807, 2.05) is 76.8 Å². The summed E-state index contributed by atoms with van der Waals surface area (Å²) in [6.45, 7) is 13.6. The van der Waals surface area contributed by atoms with Crippen LogP contribution in [0.3, 0.4) is 0 Å². The summed E-state index contributed by atoms with van der Waals surface area (Å²) >= 11 is 0. The second-order valence-electron chi connectivity index (χ2n) is 11.5. The number of hydrogen-bond donors (Lipinski definition) is 2. The van der Waals surface area contributed by atoms with E-state index in [9.17, 15) is 18.0 Å². The summed E-state index contributed by atoms with van der Waals surface area (Å²) in [5.41, 5.74) is 1.23. The molecule has 1 aromatic heterocycles. The maximum absolute atomic E-state index is 13.5. The first-order chi connectivity index (χ1) is 18.7. The molecule has 0 atom stereocenters. The van der Waals surface area contributed by atoms with Gasteiger partial charge < -0.3 is 9.80 Å². The van der Waals surface area contributed by atoms with Crippen LogP contribution in [0.5, 0.6) is 0 Å². The molecule has 212 valence electrons. The minimum absolute atomic E-state index is 0.154. The minimum atomic E-state index is -4.30. The number of anilines is 2. The summed E-state index contributed by atoms with van der Waals surface area (Å²) in [6.07, 6.45) is 0. The van der Waals surface area contributed by atoms with Crippen molar-refractivity contribution in [3.8, 4) is 0 Å². The lowest BCUT2D eigenvalue weighted by Crippen LogP contribution is -2.43. The molecule has 1 aliphatic heterocycles. The number of hydrogen-bond acceptors (Lipinski definition) is 7. The number of carbonyl (C=O) groups is 2. The molecule has 2 N–H and O–H groups in total. The van der Waals surface area contributed by atoms with Gasteiger partial charge in [-0.1, -0.05) is 45.0 Å². The van der Waals surface area contributed by atoms with Gasteiger partial charge in [0.25, 0.3) is 21.8 Å². The van der Waals surface area contributed by atoms with Crippen LogP contribution in [0.1, 0.15) is 68.0 Å². The fraction of sp³-hybridized carbons (Fsp3) is 0.367. The summed E-state index contributed by atoms with van der Waals surface area (Å²) in [7, 11) is -4.30. The molecule has 2 heterocycles. The topological polar surface area (TPSA) is 112 Å². The molecule has 0 unspecified atom stereocenters. The summed E-state index contributed by atoms with van der Waals surface area (Å²) in [6, 6.07) is 18.2. The van der Waals surface area contributed by atoms with E-state index in [0.717, 1.165) is 5.69 Å². The maximum atomic E-state index is 13.5. The van der Waals surface area contributed by atoms with Crippen molar-refractivity contribution in [3.05, 3.63) is 83.6 Å². The zero-order valence-electron chi connectivity index (χ0n) is 23.9. The number of para-hydroxylation sites is 1. The molecular formula is C30H37N5O4S. The Morgan fingerprint density at radius 1 is 1.05 bits per heavy atom. The van der Waals surface area contributed by atoms with Gasteiger partial charge in [0.2, 0.25) is 0 Å². The van der Waals surface area contributed by atoms with Crippen molar-refractivity contribution in [2.24, 2.45) is 0 Å². The summed E-state index contributed by atoms with van der Waals surface area (Å²) in [5, 5.41) is 3.30. The molecule has 2 aromatic carbocycles. The predicted molar refractivity (Wildman–Crippen MR) is 157 cm³/mol. The molecule has 3 aromatic rings. The van der Waals surface area contributed by atoms with Gasteiger partial charge in [-0.15, -0.1) is 0 Å². The highest BCUT2D eigenvalue weighted by Gasteiger charge is 2.36. The van der Waals surface area contributed by atoms with E-state index < -0.39 is 15.9 Å². The van der Waals surface area contributed by atoms with Gasteiger partial charge in [-0.2, -0.15) is 0 Å². The van der Waals surface area contributed by atoms with Crippen LogP contribution in [0.2, 0.25) is 0 Å². The van der Waals surface area contributed by atoms with Crippen LogP contribution in [0.4, 0.5) is 11.5 Å². The first-order valence-corrected chi connectivity index (χ1v) is 14.8. The number of nitrogens with zero attached hydrogens (tertiary/aromatic N) is 3. The average Bonchev–Trinajstić information content (AvgIpc) is 3.27. The highest BCUT2D eigenvalue weighted by Crippen LogP contribution is 2.31. The molecule has 0 aliphatic carbocycles. The molecular weight excluding hydrogens is 526 g/mol. The van der Waals surface area contributed by atoms with Gasteiger partial charge in [0.15, 0.2) is 0 Å². The Hall–Kier alpha value is -3.76. The Balaban J connectivity index is 1.65.